The third kappa shape index (κ3) is 3.04. The molecule has 0 saturated heterocycles. The molecule has 1 aliphatic carbocycles. The summed E-state index contributed by atoms with van der Waals surface area (Å²) in [6.45, 7) is 1.52. The molecule has 0 amide bonds. The van der Waals surface area contributed by atoms with Gasteiger partial charge in [0.05, 0.1) is 12.9 Å². The predicted octanol–water partition coefficient (Wildman–Crippen LogP) is 1.24. The van der Waals surface area contributed by atoms with Gasteiger partial charge in [-0.1, -0.05) is 6.92 Å². The van der Waals surface area contributed by atoms with Crippen LogP contribution in [0.4, 0.5) is 5.82 Å². The van der Waals surface area contributed by atoms with E-state index in [2.05, 4.69) is 15.0 Å². The number of hydrogen-bond donors (Lipinski definition) is 1. The van der Waals surface area contributed by atoms with Crippen LogP contribution in [-0.4, -0.2) is 38.3 Å². The first kappa shape index (κ1) is 13.8. The van der Waals surface area contributed by atoms with Gasteiger partial charge in [-0.05, 0) is 25.0 Å². The van der Waals surface area contributed by atoms with Gasteiger partial charge in [0.15, 0.2) is 15.5 Å². The minimum atomic E-state index is -3.50. The Morgan fingerprint density at radius 1 is 1.47 bits per heavy atom. The van der Waals surface area contributed by atoms with Crippen molar-refractivity contribution >= 4 is 21.6 Å². The molecule has 1 aliphatic rings. The molecular weight excluding hydrogens is 268 g/mol. The van der Waals surface area contributed by atoms with Crippen molar-refractivity contribution in [2.45, 2.75) is 30.7 Å². The van der Waals surface area contributed by atoms with Gasteiger partial charge >= 0.3 is 5.97 Å². The maximum atomic E-state index is 11.9. The van der Waals surface area contributed by atoms with E-state index in [4.69, 9.17) is 0 Å². The lowest BCUT2D eigenvalue weighted by molar-refractivity contribution is 0.0589. The third-order valence-corrected chi connectivity index (χ3v) is 4.64. The molecule has 104 valence electrons. The maximum Gasteiger partial charge on any atom is 0.358 e. The van der Waals surface area contributed by atoms with Gasteiger partial charge in [0.1, 0.15) is 10.7 Å². The summed E-state index contributed by atoms with van der Waals surface area (Å²) in [7, 11) is -2.30. The second-order valence-electron chi connectivity index (χ2n) is 4.36. The Balaban J connectivity index is 2.44. The standard InChI is InChI=1S/C12H16N2O4S/c1-3-19(16,17)9-6-7-10(13-8-4-5-8)14-11(9)12(15)18-2/h6-8H,3-5H2,1-2H3,(H,13,14). The van der Waals surface area contributed by atoms with Gasteiger partial charge in [0.2, 0.25) is 0 Å². The number of nitrogens with one attached hydrogen (secondary N) is 1. The molecule has 0 bridgehead atoms. The molecule has 1 aromatic heterocycles. The summed E-state index contributed by atoms with van der Waals surface area (Å²) in [6.07, 6.45) is 2.12. The molecule has 2 rings (SSSR count). The van der Waals surface area contributed by atoms with Crippen LogP contribution in [0.25, 0.3) is 0 Å². The van der Waals surface area contributed by atoms with E-state index in [1.165, 1.54) is 20.1 Å². The molecule has 0 radical (unpaired) electrons. The van der Waals surface area contributed by atoms with Crippen LogP contribution in [0, 0.1) is 0 Å². The number of pyridine rings is 1. The number of rotatable bonds is 5. The fraction of sp³-hybridized carbons (Fsp3) is 0.500. The van der Waals surface area contributed by atoms with Gasteiger partial charge in [-0.2, -0.15) is 0 Å². The van der Waals surface area contributed by atoms with E-state index < -0.39 is 15.8 Å². The number of nitrogens with zero attached hydrogens (tertiary/aromatic N) is 1. The largest absolute Gasteiger partial charge is 0.464 e. The average Bonchev–Trinajstić information content (AvgIpc) is 3.21. The summed E-state index contributed by atoms with van der Waals surface area (Å²) in [6, 6.07) is 3.35. The second kappa shape index (κ2) is 5.16. The van der Waals surface area contributed by atoms with E-state index in [0.717, 1.165) is 12.8 Å². The highest BCUT2D eigenvalue weighted by Crippen LogP contribution is 2.25. The van der Waals surface area contributed by atoms with Crippen LogP contribution in [0.5, 0.6) is 0 Å². The lowest BCUT2D eigenvalue weighted by atomic mass is 10.3. The molecule has 1 aromatic rings. The smallest absolute Gasteiger partial charge is 0.358 e. The average molecular weight is 284 g/mol. The number of sulfone groups is 1. The molecule has 6 nitrogen and oxygen atoms in total. The number of hydrogen-bond acceptors (Lipinski definition) is 6. The zero-order valence-corrected chi connectivity index (χ0v) is 11.7. The van der Waals surface area contributed by atoms with Crippen LogP contribution < -0.4 is 5.32 Å². The van der Waals surface area contributed by atoms with Crippen molar-refractivity contribution in [3.8, 4) is 0 Å². The van der Waals surface area contributed by atoms with Crippen molar-refractivity contribution in [3.63, 3.8) is 0 Å². The molecule has 0 unspecified atom stereocenters. The van der Waals surface area contributed by atoms with Crippen molar-refractivity contribution < 1.29 is 17.9 Å². The highest BCUT2D eigenvalue weighted by atomic mass is 32.2. The minimum Gasteiger partial charge on any atom is -0.464 e. The van der Waals surface area contributed by atoms with Gasteiger partial charge < -0.3 is 10.1 Å². The van der Waals surface area contributed by atoms with E-state index in [1.807, 2.05) is 0 Å². The van der Waals surface area contributed by atoms with Gasteiger partial charge in [-0.15, -0.1) is 0 Å². The molecule has 1 fully saturated rings. The summed E-state index contributed by atoms with van der Waals surface area (Å²) in [5.74, 6) is -0.335. The monoisotopic (exact) mass is 284 g/mol. The first-order chi connectivity index (χ1) is 8.97. The molecular formula is C12H16N2O4S. The number of carbonyl (C=O) groups excluding carboxylic acids is 1. The molecule has 1 N–H and O–H groups in total. The van der Waals surface area contributed by atoms with Crippen LogP contribution in [0.1, 0.15) is 30.3 Å². The minimum absolute atomic E-state index is 0.0804. The third-order valence-electron chi connectivity index (χ3n) is 2.88. The molecule has 0 spiro atoms. The lowest BCUT2D eigenvalue weighted by Crippen LogP contribution is -2.16. The van der Waals surface area contributed by atoms with Crippen LogP contribution in [0.15, 0.2) is 17.0 Å². The van der Waals surface area contributed by atoms with E-state index in [1.54, 1.807) is 6.07 Å². The molecule has 1 saturated carbocycles. The second-order valence-corrected chi connectivity index (χ2v) is 6.60. The highest BCUT2D eigenvalue weighted by molar-refractivity contribution is 7.91. The summed E-state index contributed by atoms with van der Waals surface area (Å²) in [5, 5.41) is 3.12. The quantitative estimate of drug-likeness (QED) is 0.819. The van der Waals surface area contributed by atoms with Crippen LogP contribution >= 0.6 is 0 Å². The van der Waals surface area contributed by atoms with Crippen molar-refractivity contribution in [3.05, 3.63) is 17.8 Å². The lowest BCUT2D eigenvalue weighted by Gasteiger charge is -2.10. The zero-order chi connectivity index (χ0) is 14.0. The number of anilines is 1. The number of esters is 1. The van der Waals surface area contributed by atoms with E-state index in [-0.39, 0.29) is 16.3 Å². The molecule has 7 heteroatoms. The molecule has 19 heavy (non-hydrogen) atoms. The Morgan fingerprint density at radius 3 is 2.68 bits per heavy atom. The van der Waals surface area contributed by atoms with E-state index >= 15 is 0 Å². The van der Waals surface area contributed by atoms with Gasteiger partial charge in [-0.3, -0.25) is 0 Å². The van der Waals surface area contributed by atoms with Crippen molar-refractivity contribution in [2.24, 2.45) is 0 Å². The van der Waals surface area contributed by atoms with Gasteiger partial charge in [0.25, 0.3) is 0 Å². The fourth-order valence-electron chi connectivity index (χ4n) is 1.61. The summed E-state index contributed by atoms with van der Waals surface area (Å²) in [5.41, 5.74) is -0.157. The SMILES string of the molecule is CCS(=O)(=O)c1ccc(NC2CC2)nc1C(=O)OC. The maximum absolute atomic E-state index is 11.9. The first-order valence-corrected chi connectivity index (χ1v) is 7.72. The van der Waals surface area contributed by atoms with Crippen LogP contribution in [0.2, 0.25) is 0 Å². The van der Waals surface area contributed by atoms with Gasteiger partial charge in [0, 0.05) is 6.04 Å². The molecule has 0 atom stereocenters. The normalized spacial score (nSPS) is 15.1. The predicted molar refractivity (Wildman–Crippen MR) is 69.9 cm³/mol. The highest BCUT2D eigenvalue weighted by Gasteiger charge is 2.26. The first-order valence-electron chi connectivity index (χ1n) is 6.06. The number of methoxy groups -OCH3 is 1. The Bertz CT molecular complexity index is 594. The fourth-order valence-corrected chi connectivity index (χ4v) is 2.62. The Kier molecular flexibility index (Phi) is 3.75. The summed E-state index contributed by atoms with van der Waals surface area (Å²) < 4.78 is 28.4. The topological polar surface area (TPSA) is 85.4 Å². The number of ether oxygens (including phenoxy) is 1. The van der Waals surface area contributed by atoms with Crippen molar-refractivity contribution in [2.75, 3.05) is 18.2 Å². The summed E-state index contributed by atoms with van der Waals surface area (Å²) >= 11 is 0. The Labute approximate surface area is 112 Å². The van der Waals surface area contributed by atoms with E-state index in [9.17, 15) is 13.2 Å². The summed E-state index contributed by atoms with van der Waals surface area (Å²) in [4.78, 5) is 15.7. The van der Waals surface area contributed by atoms with Crippen LogP contribution in [0.3, 0.4) is 0 Å². The molecule has 1 heterocycles. The number of carbonyl (C=O) groups is 1. The molecule has 0 aliphatic heterocycles. The zero-order valence-electron chi connectivity index (χ0n) is 10.8. The molecule has 0 aromatic carbocycles. The van der Waals surface area contributed by atoms with Crippen molar-refractivity contribution in [1.82, 2.24) is 4.98 Å². The van der Waals surface area contributed by atoms with Gasteiger partial charge in [-0.25, -0.2) is 18.2 Å². The van der Waals surface area contributed by atoms with Crippen molar-refractivity contribution in [1.29, 1.82) is 0 Å². The Morgan fingerprint density at radius 2 is 2.16 bits per heavy atom. The Hall–Kier alpha value is -1.63. The van der Waals surface area contributed by atoms with Crippen LogP contribution in [-0.2, 0) is 14.6 Å². The van der Waals surface area contributed by atoms with E-state index in [0.29, 0.717) is 11.9 Å². The number of aromatic nitrogens is 1.